The molecule has 0 aromatic carbocycles. The lowest BCUT2D eigenvalue weighted by Crippen LogP contribution is -2.48. The fourth-order valence-electron chi connectivity index (χ4n) is 0.246. The maximum Gasteiger partial charge on any atom is 0.195 e. The lowest BCUT2D eigenvalue weighted by atomic mass is 10.4. The molecule has 0 aliphatic heterocycles. The van der Waals surface area contributed by atoms with Crippen molar-refractivity contribution in [2.45, 2.75) is 19.9 Å². The molecule has 0 spiro atoms. The molecule has 0 atom stereocenters. The molecule has 0 fully saturated rings. The zero-order valence-corrected chi connectivity index (χ0v) is 6.38. The Bertz CT molecular complexity index is 92.6. The smallest absolute Gasteiger partial charge is 0.195 e. The highest BCUT2D eigenvalue weighted by Crippen LogP contribution is 1.69. The molecule has 0 aromatic heterocycles. The molecule has 0 radical (unpaired) electrons. The second kappa shape index (κ2) is 4.49. The highest BCUT2D eigenvalue weighted by Gasteiger charge is 1.90. The third-order valence-corrected chi connectivity index (χ3v) is 0.825. The Morgan fingerprint density at radius 1 is 1.56 bits per heavy atom. The number of thiocarbonyl (C=S) groups is 1. The molecule has 5 N–H and O–H groups in total. The van der Waals surface area contributed by atoms with Crippen molar-refractivity contribution < 1.29 is 0 Å². The van der Waals surface area contributed by atoms with Gasteiger partial charge in [-0.05, 0) is 26.1 Å². The van der Waals surface area contributed by atoms with E-state index in [1.54, 1.807) is 0 Å². The maximum absolute atomic E-state index is 4.96. The average Bonchev–Trinajstić information content (AvgIpc) is 1.83. The van der Waals surface area contributed by atoms with E-state index in [0.717, 1.165) is 0 Å². The minimum Gasteiger partial charge on any atom is -0.300 e. The van der Waals surface area contributed by atoms with E-state index >= 15 is 0 Å². The maximum atomic E-state index is 4.96. The number of nitrogens with two attached hydrogens (primary N) is 1. The van der Waals surface area contributed by atoms with E-state index in [0.29, 0.717) is 11.2 Å². The summed E-state index contributed by atoms with van der Waals surface area (Å²) in [6.07, 6.45) is 0. The van der Waals surface area contributed by atoms with Gasteiger partial charge in [-0.15, -0.1) is 0 Å². The molecule has 54 valence electrons. The predicted octanol–water partition coefficient (Wildman–Crippen LogP) is -0.763. The van der Waals surface area contributed by atoms with Crippen molar-refractivity contribution >= 4 is 17.3 Å². The van der Waals surface area contributed by atoms with Gasteiger partial charge in [-0.2, -0.15) is 0 Å². The summed E-state index contributed by atoms with van der Waals surface area (Å²) in [5, 5.41) is 0.392. The number of nitrogens with one attached hydrogen (secondary N) is 3. The van der Waals surface area contributed by atoms with Gasteiger partial charge >= 0.3 is 0 Å². The summed E-state index contributed by atoms with van der Waals surface area (Å²) in [5.41, 5.74) is 7.82. The summed E-state index contributed by atoms with van der Waals surface area (Å²) >= 11 is 4.66. The van der Waals surface area contributed by atoms with Crippen LogP contribution >= 0.6 is 12.2 Å². The fourth-order valence-corrected chi connectivity index (χ4v) is 0.305. The van der Waals surface area contributed by atoms with E-state index in [4.69, 9.17) is 5.84 Å². The van der Waals surface area contributed by atoms with E-state index in [1.807, 2.05) is 13.8 Å². The molecule has 9 heavy (non-hydrogen) atoms. The minimum absolute atomic E-state index is 0.344. The number of rotatable bonds is 2. The van der Waals surface area contributed by atoms with Crippen LogP contribution in [0.5, 0.6) is 0 Å². The van der Waals surface area contributed by atoms with Crippen LogP contribution in [0.15, 0.2) is 0 Å². The van der Waals surface area contributed by atoms with Crippen LogP contribution in [0.2, 0.25) is 0 Å². The van der Waals surface area contributed by atoms with Crippen LogP contribution in [-0.4, -0.2) is 11.2 Å². The SMILES string of the molecule is CC(C)NNC(=S)NN. The molecule has 0 aliphatic carbocycles. The molecule has 0 amide bonds. The summed E-state index contributed by atoms with van der Waals surface area (Å²) in [5.74, 6) is 4.96. The molecule has 0 saturated carbocycles. The zero-order valence-electron chi connectivity index (χ0n) is 5.56. The Labute approximate surface area is 60.1 Å². The molecule has 0 aliphatic rings. The highest BCUT2D eigenvalue weighted by molar-refractivity contribution is 7.80. The van der Waals surface area contributed by atoms with Gasteiger partial charge in [-0.1, -0.05) is 0 Å². The van der Waals surface area contributed by atoms with Crippen LogP contribution in [0.1, 0.15) is 13.8 Å². The standard InChI is InChI=1S/C4H12N4S/c1-3(2)7-8-4(9)6-5/h3,7H,5H2,1-2H3,(H2,6,8,9). The lowest BCUT2D eigenvalue weighted by molar-refractivity contribution is 0.553. The first kappa shape index (κ1) is 8.61. The molecule has 0 saturated heterocycles. The molecule has 4 nitrogen and oxygen atoms in total. The number of hydrogen-bond donors (Lipinski definition) is 4. The van der Waals surface area contributed by atoms with Gasteiger partial charge < -0.3 is 0 Å². The van der Waals surface area contributed by atoms with Gasteiger partial charge in [-0.25, -0.2) is 11.3 Å². The highest BCUT2D eigenvalue weighted by atomic mass is 32.1. The van der Waals surface area contributed by atoms with E-state index in [1.165, 1.54) is 0 Å². The summed E-state index contributed by atoms with van der Waals surface area (Å²) < 4.78 is 0. The van der Waals surface area contributed by atoms with Crippen molar-refractivity contribution in [2.24, 2.45) is 5.84 Å². The van der Waals surface area contributed by atoms with Crippen LogP contribution in [0, 0.1) is 0 Å². The Kier molecular flexibility index (Phi) is 4.29. The molecule has 0 rings (SSSR count). The van der Waals surface area contributed by atoms with E-state index in [2.05, 4.69) is 28.5 Å². The molecule has 0 heterocycles. The molecule has 5 heteroatoms. The van der Waals surface area contributed by atoms with E-state index in [9.17, 15) is 0 Å². The quantitative estimate of drug-likeness (QED) is 0.235. The molecule has 0 unspecified atom stereocenters. The number of hydrogen-bond acceptors (Lipinski definition) is 3. The van der Waals surface area contributed by atoms with Crippen LogP contribution in [0.3, 0.4) is 0 Å². The van der Waals surface area contributed by atoms with Gasteiger partial charge in [0.05, 0.1) is 0 Å². The largest absolute Gasteiger partial charge is 0.300 e. The van der Waals surface area contributed by atoms with Gasteiger partial charge in [0, 0.05) is 6.04 Å². The second-order valence-electron chi connectivity index (χ2n) is 1.90. The summed E-state index contributed by atoms with van der Waals surface area (Å²) in [7, 11) is 0. The zero-order chi connectivity index (χ0) is 7.28. The third-order valence-electron chi connectivity index (χ3n) is 0.605. The van der Waals surface area contributed by atoms with Gasteiger partial charge in [0.15, 0.2) is 5.11 Å². The van der Waals surface area contributed by atoms with E-state index < -0.39 is 0 Å². The van der Waals surface area contributed by atoms with Crippen molar-refractivity contribution in [1.29, 1.82) is 0 Å². The minimum atomic E-state index is 0.344. The molecule has 0 aromatic rings. The molecule has 0 bridgehead atoms. The van der Waals surface area contributed by atoms with Crippen molar-refractivity contribution in [1.82, 2.24) is 16.3 Å². The Balaban J connectivity index is 3.17. The third kappa shape index (κ3) is 5.48. The van der Waals surface area contributed by atoms with Crippen molar-refractivity contribution in [3.8, 4) is 0 Å². The van der Waals surface area contributed by atoms with Gasteiger partial charge in [0.1, 0.15) is 0 Å². The Morgan fingerprint density at radius 3 is 2.44 bits per heavy atom. The summed E-state index contributed by atoms with van der Waals surface area (Å²) in [6, 6.07) is 0.344. The first-order valence-corrected chi connectivity index (χ1v) is 3.09. The van der Waals surface area contributed by atoms with Crippen LogP contribution in [0.25, 0.3) is 0 Å². The van der Waals surface area contributed by atoms with Crippen LogP contribution < -0.4 is 22.1 Å². The monoisotopic (exact) mass is 148 g/mol. The van der Waals surface area contributed by atoms with Gasteiger partial charge in [0.25, 0.3) is 0 Å². The Morgan fingerprint density at radius 2 is 2.11 bits per heavy atom. The van der Waals surface area contributed by atoms with Crippen LogP contribution in [0.4, 0.5) is 0 Å². The van der Waals surface area contributed by atoms with Crippen LogP contribution in [-0.2, 0) is 0 Å². The van der Waals surface area contributed by atoms with Gasteiger partial charge in [0.2, 0.25) is 0 Å². The number of hydrazine groups is 2. The molecular formula is C4H12N4S. The predicted molar refractivity (Wildman–Crippen MR) is 41.3 cm³/mol. The molecular weight excluding hydrogens is 136 g/mol. The Hall–Kier alpha value is -0.390. The van der Waals surface area contributed by atoms with Crippen molar-refractivity contribution in [3.05, 3.63) is 0 Å². The normalized spacial score (nSPS) is 9.33. The summed E-state index contributed by atoms with van der Waals surface area (Å²) in [4.78, 5) is 0. The topological polar surface area (TPSA) is 62.1 Å². The van der Waals surface area contributed by atoms with Crippen molar-refractivity contribution in [3.63, 3.8) is 0 Å². The first-order valence-electron chi connectivity index (χ1n) is 2.69. The van der Waals surface area contributed by atoms with Crippen molar-refractivity contribution in [2.75, 3.05) is 0 Å². The summed E-state index contributed by atoms with van der Waals surface area (Å²) in [6.45, 7) is 3.98. The average molecular weight is 148 g/mol. The second-order valence-corrected chi connectivity index (χ2v) is 2.31. The van der Waals surface area contributed by atoms with Gasteiger partial charge in [-0.3, -0.25) is 10.9 Å². The fraction of sp³-hybridized carbons (Fsp3) is 0.750. The first-order chi connectivity index (χ1) is 4.16. The van der Waals surface area contributed by atoms with E-state index in [-0.39, 0.29) is 0 Å². The lowest BCUT2D eigenvalue weighted by Gasteiger charge is -2.10.